The molecule has 0 saturated carbocycles. The van der Waals surface area contributed by atoms with Crippen molar-refractivity contribution in [2.24, 2.45) is 0 Å². The summed E-state index contributed by atoms with van der Waals surface area (Å²) in [7, 11) is 0. The number of amides is 1. The molecule has 4 nitrogen and oxygen atoms in total. The summed E-state index contributed by atoms with van der Waals surface area (Å²) in [5.41, 5.74) is 4.35. The number of benzene rings is 2. The van der Waals surface area contributed by atoms with Crippen molar-refractivity contribution in [2.75, 3.05) is 13.1 Å². The van der Waals surface area contributed by atoms with Gasteiger partial charge in [-0.05, 0) is 35.4 Å². The van der Waals surface area contributed by atoms with E-state index in [0.717, 1.165) is 60.5 Å². The highest BCUT2D eigenvalue weighted by Gasteiger charge is 2.19. The molecule has 0 radical (unpaired) electrons. The summed E-state index contributed by atoms with van der Waals surface area (Å²) in [4.78, 5) is 17.1. The van der Waals surface area contributed by atoms with Gasteiger partial charge in [0.25, 0.3) is 0 Å². The molecule has 4 heteroatoms. The predicted molar refractivity (Wildman–Crippen MR) is 106 cm³/mol. The zero-order valence-corrected chi connectivity index (χ0v) is 15.1. The van der Waals surface area contributed by atoms with E-state index < -0.39 is 0 Å². The molecular formula is C23H22N2O2. The predicted octanol–water partition coefficient (Wildman–Crippen LogP) is 4.42. The molecule has 1 aromatic heterocycles. The topological polar surface area (TPSA) is 42.4 Å². The molecule has 0 bridgehead atoms. The standard InChI is InChI=1S/C23H22N2O2/c26-17-25-14-11-22(12-15-25)27-21-8-6-18(7-9-21)20-10-13-24-23(16-20)19-4-2-1-3-5-19/h1-10,13,16-17,22H,11-12,14-15H2. The summed E-state index contributed by atoms with van der Waals surface area (Å²) in [5.74, 6) is 0.876. The molecule has 0 aliphatic carbocycles. The summed E-state index contributed by atoms with van der Waals surface area (Å²) in [6.45, 7) is 1.54. The quantitative estimate of drug-likeness (QED) is 0.634. The first-order chi connectivity index (χ1) is 13.3. The normalized spacial score (nSPS) is 14.7. The van der Waals surface area contributed by atoms with Crippen LogP contribution in [0.25, 0.3) is 22.4 Å². The number of piperidine rings is 1. The van der Waals surface area contributed by atoms with Crippen LogP contribution in [0.2, 0.25) is 0 Å². The highest BCUT2D eigenvalue weighted by molar-refractivity contribution is 5.70. The summed E-state index contributed by atoms with van der Waals surface area (Å²) in [5, 5.41) is 0. The van der Waals surface area contributed by atoms with Gasteiger partial charge in [-0.2, -0.15) is 0 Å². The third-order valence-corrected chi connectivity index (χ3v) is 4.95. The highest BCUT2D eigenvalue weighted by atomic mass is 16.5. The van der Waals surface area contributed by atoms with Crippen LogP contribution in [0.1, 0.15) is 12.8 Å². The molecule has 1 fully saturated rings. The van der Waals surface area contributed by atoms with Gasteiger partial charge in [-0.3, -0.25) is 9.78 Å². The molecule has 0 N–H and O–H groups in total. The Morgan fingerprint density at radius 2 is 1.63 bits per heavy atom. The first kappa shape index (κ1) is 17.3. The third kappa shape index (κ3) is 4.17. The van der Waals surface area contributed by atoms with Crippen LogP contribution in [0, 0.1) is 0 Å². The molecular weight excluding hydrogens is 336 g/mol. The van der Waals surface area contributed by atoms with E-state index in [1.54, 1.807) is 4.90 Å². The first-order valence-electron chi connectivity index (χ1n) is 9.30. The molecule has 1 aliphatic heterocycles. The molecule has 1 amide bonds. The van der Waals surface area contributed by atoms with Crippen molar-refractivity contribution in [2.45, 2.75) is 18.9 Å². The number of carbonyl (C=O) groups excluding carboxylic acids is 1. The van der Waals surface area contributed by atoms with Crippen molar-refractivity contribution in [3.63, 3.8) is 0 Å². The van der Waals surface area contributed by atoms with Gasteiger partial charge >= 0.3 is 0 Å². The SMILES string of the molecule is O=CN1CCC(Oc2ccc(-c3ccnc(-c4ccccc4)c3)cc2)CC1. The average Bonchev–Trinajstić information content (AvgIpc) is 2.75. The van der Waals surface area contributed by atoms with Gasteiger partial charge in [0.15, 0.2) is 0 Å². The minimum atomic E-state index is 0.178. The Bertz CT molecular complexity index is 886. The summed E-state index contributed by atoms with van der Waals surface area (Å²) >= 11 is 0. The number of pyridine rings is 1. The van der Waals surface area contributed by atoms with Crippen molar-refractivity contribution in [3.8, 4) is 28.1 Å². The van der Waals surface area contributed by atoms with E-state index in [2.05, 4.69) is 35.3 Å². The van der Waals surface area contributed by atoms with E-state index in [1.165, 1.54) is 0 Å². The van der Waals surface area contributed by atoms with Gasteiger partial charge in [0.05, 0.1) is 5.69 Å². The Morgan fingerprint density at radius 3 is 2.33 bits per heavy atom. The highest BCUT2D eigenvalue weighted by Crippen LogP contribution is 2.27. The number of hydrogen-bond donors (Lipinski definition) is 0. The number of aromatic nitrogens is 1. The number of rotatable bonds is 5. The van der Waals surface area contributed by atoms with E-state index in [9.17, 15) is 4.79 Å². The number of hydrogen-bond acceptors (Lipinski definition) is 3. The summed E-state index contributed by atoms with van der Waals surface area (Å²) in [6.07, 6.45) is 4.71. The van der Waals surface area contributed by atoms with Gasteiger partial charge < -0.3 is 9.64 Å². The second-order valence-electron chi connectivity index (χ2n) is 6.78. The van der Waals surface area contributed by atoms with Gasteiger partial charge in [-0.15, -0.1) is 0 Å². The Morgan fingerprint density at radius 1 is 0.889 bits per heavy atom. The summed E-state index contributed by atoms with van der Waals surface area (Å²) in [6, 6.07) is 22.5. The maximum absolute atomic E-state index is 10.8. The van der Waals surface area contributed by atoms with Crippen LogP contribution in [0.5, 0.6) is 5.75 Å². The lowest BCUT2D eigenvalue weighted by molar-refractivity contribution is -0.119. The van der Waals surface area contributed by atoms with Crippen molar-refractivity contribution >= 4 is 6.41 Å². The lowest BCUT2D eigenvalue weighted by atomic mass is 10.0. The largest absolute Gasteiger partial charge is 0.490 e. The molecule has 0 atom stereocenters. The van der Waals surface area contributed by atoms with Gasteiger partial charge in [-0.1, -0.05) is 42.5 Å². The van der Waals surface area contributed by atoms with Crippen LogP contribution in [0.4, 0.5) is 0 Å². The Kier molecular flexibility index (Phi) is 5.15. The molecule has 1 saturated heterocycles. The maximum Gasteiger partial charge on any atom is 0.209 e. The van der Waals surface area contributed by atoms with Crippen LogP contribution >= 0.6 is 0 Å². The molecule has 27 heavy (non-hydrogen) atoms. The van der Waals surface area contributed by atoms with Crippen molar-refractivity contribution in [3.05, 3.63) is 72.9 Å². The van der Waals surface area contributed by atoms with E-state index in [0.29, 0.717) is 0 Å². The lowest BCUT2D eigenvalue weighted by Crippen LogP contribution is -2.37. The zero-order valence-electron chi connectivity index (χ0n) is 15.1. The smallest absolute Gasteiger partial charge is 0.209 e. The van der Waals surface area contributed by atoms with E-state index >= 15 is 0 Å². The zero-order chi connectivity index (χ0) is 18.5. The summed E-state index contributed by atoms with van der Waals surface area (Å²) < 4.78 is 6.08. The van der Waals surface area contributed by atoms with E-state index in [-0.39, 0.29) is 6.10 Å². The Labute approximate surface area is 159 Å². The molecule has 2 heterocycles. The van der Waals surface area contributed by atoms with Gasteiger partial charge in [-0.25, -0.2) is 0 Å². The van der Waals surface area contributed by atoms with Crippen LogP contribution in [-0.2, 0) is 4.79 Å². The molecule has 4 rings (SSSR count). The monoisotopic (exact) mass is 358 g/mol. The van der Waals surface area contributed by atoms with E-state index in [1.807, 2.05) is 42.6 Å². The van der Waals surface area contributed by atoms with Crippen LogP contribution in [-0.4, -0.2) is 35.5 Å². The van der Waals surface area contributed by atoms with Crippen LogP contribution in [0.3, 0.4) is 0 Å². The van der Waals surface area contributed by atoms with Crippen molar-refractivity contribution in [1.29, 1.82) is 0 Å². The maximum atomic E-state index is 10.8. The molecule has 3 aromatic rings. The average molecular weight is 358 g/mol. The second kappa shape index (κ2) is 8.04. The first-order valence-corrected chi connectivity index (χ1v) is 9.30. The fourth-order valence-corrected chi connectivity index (χ4v) is 3.39. The van der Waals surface area contributed by atoms with Gasteiger partial charge in [0, 0.05) is 37.7 Å². The lowest BCUT2D eigenvalue weighted by Gasteiger charge is -2.29. The molecule has 0 spiro atoms. The number of ether oxygens (including phenoxy) is 1. The van der Waals surface area contributed by atoms with Gasteiger partial charge in [0.2, 0.25) is 6.41 Å². The molecule has 1 aliphatic rings. The van der Waals surface area contributed by atoms with Crippen molar-refractivity contribution < 1.29 is 9.53 Å². The molecule has 136 valence electrons. The minimum absolute atomic E-state index is 0.178. The Hall–Kier alpha value is -3.14. The fourth-order valence-electron chi connectivity index (χ4n) is 3.39. The second-order valence-corrected chi connectivity index (χ2v) is 6.78. The number of carbonyl (C=O) groups is 1. The number of nitrogens with zero attached hydrogens (tertiary/aromatic N) is 2. The third-order valence-electron chi connectivity index (χ3n) is 4.95. The number of likely N-dealkylation sites (tertiary alicyclic amines) is 1. The molecule has 2 aromatic carbocycles. The molecule has 0 unspecified atom stereocenters. The minimum Gasteiger partial charge on any atom is -0.490 e. The Balaban J connectivity index is 1.46. The van der Waals surface area contributed by atoms with Crippen LogP contribution < -0.4 is 4.74 Å². The van der Waals surface area contributed by atoms with Gasteiger partial charge in [0.1, 0.15) is 11.9 Å². The fraction of sp³-hybridized carbons (Fsp3) is 0.217. The van der Waals surface area contributed by atoms with Crippen LogP contribution in [0.15, 0.2) is 72.9 Å². The van der Waals surface area contributed by atoms with Crippen molar-refractivity contribution in [1.82, 2.24) is 9.88 Å². The van der Waals surface area contributed by atoms with E-state index in [4.69, 9.17) is 4.74 Å².